The lowest BCUT2D eigenvalue weighted by atomic mass is 10.2. The second-order valence-electron chi connectivity index (χ2n) is 9.17. The van der Waals surface area contributed by atoms with Crippen molar-refractivity contribution in [3.63, 3.8) is 0 Å². The zero-order chi connectivity index (χ0) is 26.6. The maximum absolute atomic E-state index is 13.6. The van der Waals surface area contributed by atoms with Crippen molar-refractivity contribution >= 4 is 40.5 Å². The fourth-order valence-corrected chi connectivity index (χ4v) is 4.15. The van der Waals surface area contributed by atoms with E-state index in [2.05, 4.69) is 20.3 Å². The number of carbonyl (C=O) groups excluding carboxylic acids is 2. The number of imidazole rings is 1. The Morgan fingerprint density at radius 1 is 1.08 bits per heavy atom. The van der Waals surface area contributed by atoms with Gasteiger partial charge in [0.1, 0.15) is 6.23 Å². The van der Waals surface area contributed by atoms with Gasteiger partial charge in [-0.15, -0.1) is 0 Å². The Kier molecular flexibility index (Phi) is 7.29. The van der Waals surface area contributed by atoms with Gasteiger partial charge in [0.2, 0.25) is 11.9 Å². The van der Waals surface area contributed by atoms with Gasteiger partial charge in [-0.3, -0.25) is 14.7 Å². The van der Waals surface area contributed by atoms with E-state index >= 15 is 0 Å². The molecule has 3 heterocycles. The number of ether oxygens (including phenoxy) is 2. The molecule has 0 radical (unpaired) electrons. The molecule has 4 aromatic rings. The zero-order valence-electron chi connectivity index (χ0n) is 21.0. The molecule has 1 saturated heterocycles. The zero-order valence-corrected chi connectivity index (χ0v) is 21.0. The third kappa shape index (κ3) is 5.20. The van der Waals surface area contributed by atoms with Crippen molar-refractivity contribution in [1.82, 2.24) is 19.5 Å². The number of aliphatic hydroxyl groups excluding tert-OH is 1. The van der Waals surface area contributed by atoms with E-state index in [1.165, 1.54) is 11.2 Å². The highest BCUT2D eigenvalue weighted by molar-refractivity contribution is 5.98. The lowest BCUT2D eigenvalue weighted by molar-refractivity contribution is -0.118. The third-order valence-corrected chi connectivity index (χ3v) is 6.14. The van der Waals surface area contributed by atoms with Gasteiger partial charge in [0, 0.05) is 5.92 Å². The maximum atomic E-state index is 13.6. The normalized spacial score (nSPS) is 17.1. The minimum Gasteiger partial charge on any atom is -0.394 e. The van der Waals surface area contributed by atoms with Crippen LogP contribution in [0.3, 0.4) is 0 Å². The Bertz CT molecular complexity index is 1390. The molecule has 0 bridgehead atoms. The van der Waals surface area contributed by atoms with Crippen LogP contribution in [-0.2, 0) is 9.53 Å². The van der Waals surface area contributed by atoms with E-state index in [0.717, 1.165) is 0 Å². The summed E-state index contributed by atoms with van der Waals surface area (Å²) >= 11 is 0. The molecule has 0 saturated carbocycles. The number of aromatic nitrogens is 4. The number of para-hydroxylation sites is 2. The van der Waals surface area contributed by atoms with Crippen molar-refractivity contribution in [3.8, 4) is 5.88 Å². The SMILES string of the molecule is CC(C)C(=O)Nc1nc(OC(=O)N(c2ccccc2)c2ccccc2)c2ncn([C@H]3CC[C@@H](CO)O3)c2n1. The molecule has 38 heavy (non-hydrogen) atoms. The molecule has 2 aromatic heterocycles. The van der Waals surface area contributed by atoms with Crippen LogP contribution in [0.4, 0.5) is 22.1 Å². The molecule has 2 aromatic carbocycles. The van der Waals surface area contributed by atoms with Crippen molar-refractivity contribution < 1.29 is 24.2 Å². The molecule has 1 aliphatic rings. The molecule has 2 amide bonds. The predicted molar refractivity (Wildman–Crippen MR) is 140 cm³/mol. The number of fused-ring (bicyclic) bond motifs is 1. The molecular weight excluding hydrogens is 488 g/mol. The number of benzene rings is 2. The summed E-state index contributed by atoms with van der Waals surface area (Å²) in [6, 6.07) is 18.2. The molecule has 2 atom stereocenters. The maximum Gasteiger partial charge on any atom is 0.425 e. The van der Waals surface area contributed by atoms with Crippen molar-refractivity contribution in [2.24, 2.45) is 5.92 Å². The Morgan fingerprint density at radius 2 is 1.74 bits per heavy atom. The van der Waals surface area contributed by atoms with Gasteiger partial charge in [-0.2, -0.15) is 9.97 Å². The number of hydrogen-bond acceptors (Lipinski definition) is 8. The van der Waals surface area contributed by atoms with Crippen molar-refractivity contribution in [1.29, 1.82) is 0 Å². The van der Waals surface area contributed by atoms with Crippen LogP contribution in [0.25, 0.3) is 11.2 Å². The second kappa shape index (κ2) is 11.0. The highest BCUT2D eigenvalue weighted by atomic mass is 16.6. The third-order valence-electron chi connectivity index (χ3n) is 6.14. The van der Waals surface area contributed by atoms with Gasteiger partial charge in [0.15, 0.2) is 11.2 Å². The predicted octanol–water partition coefficient (Wildman–Crippen LogP) is 4.43. The average molecular weight is 517 g/mol. The van der Waals surface area contributed by atoms with E-state index in [9.17, 15) is 14.7 Å². The number of nitrogens with one attached hydrogen (secondary N) is 1. The lowest BCUT2D eigenvalue weighted by Crippen LogP contribution is -2.29. The molecule has 0 unspecified atom stereocenters. The quantitative estimate of drug-likeness (QED) is 0.369. The highest BCUT2D eigenvalue weighted by Crippen LogP contribution is 2.33. The van der Waals surface area contributed by atoms with Crippen LogP contribution in [0.5, 0.6) is 5.88 Å². The van der Waals surface area contributed by atoms with E-state index in [4.69, 9.17) is 9.47 Å². The van der Waals surface area contributed by atoms with Gasteiger partial charge < -0.3 is 14.6 Å². The Balaban J connectivity index is 1.55. The highest BCUT2D eigenvalue weighted by Gasteiger charge is 2.30. The van der Waals surface area contributed by atoms with Crippen LogP contribution < -0.4 is 15.0 Å². The van der Waals surface area contributed by atoms with Gasteiger partial charge in [0.05, 0.1) is 30.4 Å². The van der Waals surface area contributed by atoms with Crippen molar-refractivity contribution in [2.45, 2.75) is 39.0 Å². The first kappa shape index (κ1) is 25.3. The van der Waals surface area contributed by atoms with E-state index in [0.29, 0.717) is 29.9 Å². The number of amides is 2. The molecule has 1 aliphatic heterocycles. The largest absolute Gasteiger partial charge is 0.425 e. The van der Waals surface area contributed by atoms with E-state index in [-0.39, 0.29) is 41.9 Å². The van der Waals surface area contributed by atoms with Gasteiger partial charge in [-0.05, 0) is 37.1 Å². The molecule has 196 valence electrons. The number of aliphatic hydroxyl groups is 1. The van der Waals surface area contributed by atoms with Crippen LogP contribution in [-0.4, -0.2) is 49.3 Å². The van der Waals surface area contributed by atoms with Crippen LogP contribution >= 0.6 is 0 Å². The standard InChI is InChI=1S/C27H28N6O5/c1-17(2)24(35)30-26-29-23-22(28-16-32(23)21-14-13-20(15-34)37-21)25(31-26)38-27(36)33(18-9-5-3-6-10-18)19-11-7-4-8-12-19/h3-12,16-17,20-21,34H,13-15H2,1-2H3,(H,29,30,31,35)/t20-,21+/m0/s1. The summed E-state index contributed by atoms with van der Waals surface area (Å²) in [5.41, 5.74) is 1.76. The fraction of sp³-hybridized carbons (Fsp3) is 0.296. The van der Waals surface area contributed by atoms with Crippen LogP contribution in [0.15, 0.2) is 67.0 Å². The number of carbonyl (C=O) groups is 2. The summed E-state index contributed by atoms with van der Waals surface area (Å²) in [5.74, 6) is -0.740. The average Bonchev–Trinajstić information content (AvgIpc) is 3.57. The van der Waals surface area contributed by atoms with Crippen molar-refractivity contribution in [3.05, 3.63) is 67.0 Å². The summed E-state index contributed by atoms with van der Waals surface area (Å²) in [7, 11) is 0. The van der Waals surface area contributed by atoms with Crippen LogP contribution in [0, 0.1) is 5.92 Å². The van der Waals surface area contributed by atoms with E-state index in [1.54, 1.807) is 42.7 Å². The smallest absolute Gasteiger partial charge is 0.394 e. The van der Waals surface area contributed by atoms with Crippen molar-refractivity contribution in [2.75, 3.05) is 16.8 Å². The monoisotopic (exact) mass is 516 g/mol. The van der Waals surface area contributed by atoms with Gasteiger partial charge in [0.25, 0.3) is 5.88 Å². The molecule has 11 nitrogen and oxygen atoms in total. The lowest BCUT2D eigenvalue weighted by Gasteiger charge is -2.22. The first-order chi connectivity index (χ1) is 18.4. The molecule has 5 rings (SSSR count). The number of anilines is 3. The Labute approximate surface area is 219 Å². The summed E-state index contributed by atoms with van der Waals surface area (Å²) in [6.07, 6.45) is 1.42. The molecular formula is C27H28N6O5. The summed E-state index contributed by atoms with van der Waals surface area (Å²) in [4.78, 5) is 40.7. The second-order valence-corrected chi connectivity index (χ2v) is 9.17. The van der Waals surface area contributed by atoms with E-state index < -0.39 is 12.3 Å². The van der Waals surface area contributed by atoms with E-state index in [1.807, 2.05) is 36.4 Å². The summed E-state index contributed by atoms with van der Waals surface area (Å²) < 4.78 is 13.4. The molecule has 0 aliphatic carbocycles. The molecule has 11 heteroatoms. The number of hydrogen-bond donors (Lipinski definition) is 2. The minimum absolute atomic E-state index is 0.0246. The van der Waals surface area contributed by atoms with Gasteiger partial charge >= 0.3 is 6.09 Å². The number of rotatable bonds is 7. The van der Waals surface area contributed by atoms with Crippen LogP contribution in [0.2, 0.25) is 0 Å². The first-order valence-corrected chi connectivity index (χ1v) is 12.4. The summed E-state index contributed by atoms with van der Waals surface area (Å²) in [5, 5.41) is 12.2. The van der Waals surface area contributed by atoms with Crippen LogP contribution in [0.1, 0.15) is 32.9 Å². The molecule has 1 fully saturated rings. The van der Waals surface area contributed by atoms with Gasteiger partial charge in [-0.1, -0.05) is 50.2 Å². The summed E-state index contributed by atoms with van der Waals surface area (Å²) in [6.45, 7) is 3.40. The Morgan fingerprint density at radius 3 is 2.32 bits per heavy atom. The van der Waals surface area contributed by atoms with Gasteiger partial charge in [-0.25, -0.2) is 14.7 Å². The minimum atomic E-state index is -0.712. The Hall–Kier alpha value is -4.35. The molecule has 0 spiro atoms. The fourth-order valence-electron chi connectivity index (χ4n) is 4.15. The first-order valence-electron chi connectivity index (χ1n) is 12.4. The molecule has 2 N–H and O–H groups in total. The number of nitrogens with zero attached hydrogens (tertiary/aromatic N) is 5. The topological polar surface area (TPSA) is 132 Å².